The number of H-pyrrole nitrogens is 1. The topological polar surface area (TPSA) is 61.0 Å². The van der Waals surface area contributed by atoms with Crippen LogP contribution >= 0.6 is 0 Å². The molecule has 5 nitrogen and oxygen atoms in total. The van der Waals surface area contributed by atoms with Crippen LogP contribution in [0.1, 0.15) is 48.3 Å². The van der Waals surface area contributed by atoms with E-state index in [9.17, 15) is 4.79 Å². The van der Waals surface area contributed by atoms with E-state index in [1.807, 2.05) is 0 Å². The number of nitrogens with one attached hydrogen (secondary N) is 2. The van der Waals surface area contributed by atoms with Gasteiger partial charge in [-0.1, -0.05) is 24.3 Å². The maximum atomic E-state index is 11.9. The number of hydrogen-bond donors (Lipinski definition) is 2. The SMILES string of the molecule is CC(C)N1CCC(Cc2ccc(CCNC(=O)c3ccn[nH]3)cc2)CC1. The van der Waals surface area contributed by atoms with Gasteiger partial charge in [0.15, 0.2) is 0 Å². The fourth-order valence-corrected chi connectivity index (χ4v) is 3.65. The van der Waals surface area contributed by atoms with E-state index in [1.165, 1.54) is 43.5 Å². The standard InChI is InChI=1S/C21H30N4O/c1-16(2)25-13-9-19(10-14-25)15-18-5-3-17(4-6-18)7-11-22-21(26)20-8-12-23-24-20/h3-6,8,12,16,19H,7,9-11,13-15H2,1-2H3,(H,22,26)(H,23,24). The molecule has 1 fully saturated rings. The Kier molecular flexibility index (Phi) is 6.45. The minimum Gasteiger partial charge on any atom is -0.350 e. The van der Waals surface area contributed by atoms with Crippen molar-refractivity contribution in [2.45, 2.75) is 45.6 Å². The number of nitrogens with zero attached hydrogens (tertiary/aromatic N) is 2. The van der Waals surface area contributed by atoms with Gasteiger partial charge in [0.1, 0.15) is 5.69 Å². The minimum absolute atomic E-state index is 0.105. The van der Waals surface area contributed by atoms with Gasteiger partial charge in [-0.15, -0.1) is 0 Å². The number of aromatic amines is 1. The largest absolute Gasteiger partial charge is 0.350 e. The molecule has 1 amide bonds. The fraction of sp³-hybridized carbons (Fsp3) is 0.524. The quantitative estimate of drug-likeness (QED) is 0.803. The first-order valence-electron chi connectivity index (χ1n) is 9.71. The number of carbonyl (C=O) groups is 1. The van der Waals surface area contributed by atoms with Crippen LogP contribution in [0, 0.1) is 5.92 Å². The smallest absolute Gasteiger partial charge is 0.269 e. The Hall–Kier alpha value is -2.14. The van der Waals surface area contributed by atoms with Crippen molar-refractivity contribution in [3.8, 4) is 0 Å². The Bertz CT molecular complexity index is 671. The lowest BCUT2D eigenvalue weighted by atomic mass is 9.89. The van der Waals surface area contributed by atoms with Crippen molar-refractivity contribution >= 4 is 5.91 Å². The maximum Gasteiger partial charge on any atom is 0.269 e. The molecule has 0 bridgehead atoms. The summed E-state index contributed by atoms with van der Waals surface area (Å²) in [6, 6.07) is 11.2. The lowest BCUT2D eigenvalue weighted by Crippen LogP contribution is -2.38. The van der Waals surface area contributed by atoms with Crippen LogP contribution in [0.15, 0.2) is 36.5 Å². The monoisotopic (exact) mass is 354 g/mol. The highest BCUT2D eigenvalue weighted by molar-refractivity contribution is 5.92. The zero-order valence-electron chi connectivity index (χ0n) is 15.9. The lowest BCUT2D eigenvalue weighted by molar-refractivity contribution is 0.0949. The molecule has 5 heteroatoms. The molecule has 26 heavy (non-hydrogen) atoms. The van der Waals surface area contributed by atoms with Crippen LogP contribution in [-0.4, -0.2) is 46.7 Å². The zero-order chi connectivity index (χ0) is 18.4. The van der Waals surface area contributed by atoms with Gasteiger partial charge in [0.25, 0.3) is 5.91 Å². The van der Waals surface area contributed by atoms with Crippen LogP contribution in [0.4, 0.5) is 0 Å². The third kappa shape index (κ3) is 5.18. The molecule has 2 heterocycles. The second-order valence-electron chi connectivity index (χ2n) is 7.57. The number of amides is 1. The molecule has 140 valence electrons. The highest BCUT2D eigenvalue weighted by atomic mass is 16.1. The molecule has 0 spiro atoms. The van der Waals surface area contributed by atoms with Gasteiger partial charge in [0, 0.05) is 18.8 Å². The average Bonchev–Trinajstić information content (AvgIpc) is 3.18. The second-order valence-corrected chi connectivity index (χ2v) is 7.57. The molecule has 1 aliphatic rings. The van der Waals surface area contributed by atoms with Gasteiger partial charge in [-0.25, -0.2) is 0 Å². The van der Waals surface area contributed by atoms with Crippen molar-refractivity contribution in [2.75, 3.05) is 19.6 Å². The Balaban J connectivity index is 1.40. The zero-order valence-corrected chi connectivity index (χ0v) is 15.9. The summed E-state index contributed by atoms with van der Waals surface area (Å²) in [5, 5.41) is 9.38. The highest BCUT2D eigenvalue weighted by Gasteiger charge is 2.20. The molecule has 0 aliphatic carbocycles. The van der Waals surface area contributed by atoms with Crippen molar-refractivity contribution < 1.29 is 4.79 Å². The van der Waals surface area contributed by atoms with E-state index in [1.54, 1.807) is 12.3 Å². The van der Waals surface area contributed by atoms with Gasteiger partial charge in [-0.2, -0.15) is 5.10 Å². The maximum absolute atomic E-state index is 11.9. The van der Waals surface area contributed by atoms with Crippen LogP contribution in [0.2, 0.25) is 0 Å². The van der Waals surface area contributed by atoms with E-state index in [0.717, 1.165) is 12.3 Å². The molecule has 2 aromatic rings. The Morgan fingerprint density at radius 3 is 2.50 bits per heavy atom. The Morgan fingerprint density at radius 2 is 1.88 bits per heavy atom. The molecule has 0 unspecified atom stereocenters. The third-order valence-electron chi connectivity index (χ3n) is 5.37. The van der Waals surface area contributed by atoms with E-state index < -0.39 is 0 Å². The van der Waals surface area contributed by atoms with Crippen molar-refractivity contribution in [3.63, 3.8) is 0 Å². The van der Waals surface area contributed by atoms with Crippen molar-refractivity contribution in [3.05, 3.63) is 53.3 Å². The van der Waals surface area contributed by atoms with E-state index >= 15 is 0 Å². The lowest BCUT2D eigenvalue weighted by Gasteiger charge is -2.34. The number of benzene rings is 1. The number of carbonyl (C=O) groups excluding carboxylic acids is 1. The van der Waals surface area contributed by atoms with Gasteiger partial charge in [0.2, 0.25) is 0 Å². The van der Waals surface area contributed by atoms with E-state index in [4.69, 9.17) is 0 Å². The average molecular weight is 354 g/mol. The summed E-state index contributed by atoms with van der Waals surface area (Å²) in [5.41, 5.74) is 3.19. The molecule has 3 rings (SSSR count). The predicted molar refractivity (Wildman–Crippen MR) is 104 cm³/mol. The summed E-state index contributed by atoms with van der Waals surface area (Å²) in [4.78, 5) is 14.4. The summed E-state index contributed by atoms with van der Waals surface area (Å²) in [7, 11) is 0. The number of rotatable bonds is 7. The fourth-order valence-electron chi connectivity index (χ4n) is 3.65. The molecule has 0 saturated carbocycles. The number of aromatic nitrogens is 2. The summed E-state index contributed by atoms with van der Waals surface area (Å²) in [6.07, 6.45) is 6.22. The van der Waals surface area contributed by atoms with Crippen molar-refractivity contribution in [1.82, 2.24) is 20.4 Å². The first kappa shape index (κ1) is 18.6. The Morgan fingerprint density at radius 1 is 1.19 bits per heavy atom. The molecule has 1 aromatic heterocycles. The van der Waals surface area contributed by atoms with E-state index in [-0.39, 0.29) is 5.91 Å². The third-order valence-corrected chi connectivity index (χ3v) is 5.37. The Labute approximate surface area is 156 Å². The van der Waals surface area contributed by atoms with E-state index in [0.29, 0.717) is 18.3 Å². The van der Waals surface area contributed by atoms with E-state index in [2.05, 4.69) is 58.5 Å². The summed E-state index contributed by atoms with van der Waals surface area (Å²) < 4.78 is 0. The van der Waals surface area contributed by atoms with Crippen LogP contribution in [0.5, 0.6) is 0 Å². The van der Waals surface area contributed by atoms with Gasteiger partial charge in [0.05, 0.1) is 0 Å². The van der Waals surface area contributed by atoms with Gasteiger partial charge >= 0.3 is 0 Å². The van der Waals surface area contributed by atoms with Crippen LogP contribution in [0.25, 0.3) is 0 Å². The van der Waals surface area contributed by atoms with Crippen LogP contribution in [0.3, 0.4) is 0 Å². The first-order valence-corrected chi connectivity index (χ1v) is 9.71. The number of likely N-dealkylation sites (tertiary alicyclic amines) is 1. The molecule has 1 aliphatic heterocycles. The summed E-state index contributed by atoms with van der Waals surface area (Å²) in [5.74, 6) is 0.705. The van der Waals surface area contributed by atoms with Crippen molar-refractivity contribution in [2.24, 2.45) is 5.92 Å². The van der Waals surface area contributed by atoms with Crippen molar-refractivity contribution in [1.29, 1.82) is 0 Å². The summed E-state index contributed by atoms with van der Waals surface area (Å²) in [6.45, 7) is 7.67. The number of piperidine rings is 1. The summed E-state index contributed by atoms with van der Waals surface area (Å²) >= 11 is 0. The second kappa shape index (κ2) is 8.99. The molecular weight excluding hydrogens is 324 g/mol. The minimum atomic E-state index is -0.105. The van der Waals surface area contributed by atoms with Gasteiger partial charge in [-0.05, 0) is 75.7 Å². The molecule has 0 radical (unpaired) electrons. The molecule has 1 saturated heterocycles. The molecule has 0 atom stereocenters. The molecule has 1 aromatic carbocycles. The van der Waals surface area contributed by atoms with Crippen LogP contribution < -0.4 is 5.32 Å². The van der Waals surface area contributed by atoms with Gasteiger partial charge < -0.3 is 10.2 Å². The normalized spacial score (nSPS) is 16.1. The highest BCUT2D eigenvalue weighted by Crippen LogP contribution is 2.23. The molecule has 2 N–H and O–H groups in total. The first-order chi connectivity index (χ1) is 12.6. The molecular formula is C21H30N4O. The number of hydrogen-bond acceptors (Lipinski definition) is 3. The van der Waals surface area contributed by atoms with Gasteiger partial charge in [-0.3, -0.25) is 9.89 Å². The predicted octanol–water partition coefficient (Wildman–Crippen LogP) is 3.05. The van der Waals surface area contributed by atoms with Crippen LogP contribution in [-0.2, 0) is 12.8 Å².